The Morgan fingerprint density at radius 2 is 2.05 bits per heavy atom. The number of hydrogen-bond acceptors (Lipinski definition) is 3. The maximum absolute atomic E-state index is 12.2. The van der Waals surface area contributed by atoms with Crippen molar-refractivity contribution in [2.45, 2.75) is 31.2 Å². The zero-order valence-corrected chi connectivity index (χ0v) is 12.9. The summed E-state index contributed by atoms with van der Waals surface area (Å²) in [5.41, 5.74) is 0.631. The maximum atomic E-state index is 12.2. The summed E-state index contributed by atoms with van der Waals surface area (Å²) in [5, 5.41) is 20.2. The van der Waals surface area contributed by atoms with Crippen molar-refractivity contribution in [1.82, 2.24) is 4.90 Å². The lowest BCUT2D eigenvalue weighted by molar-refractivity contribution is -0.137. The van der Waals surface area contributed by atoms with Gasteiger partial charge in [-0.3, -0.25) is 4.79 Å². The van der Waals surface area contributed by atoms with Gasteiger partial charge in [0.25, 0.3) is 0 Å². The van der Waals surface area contributed by atoms with Crippen LogP contribution in [0.3, 0.4) is 0 Å². The zero-order valence-electron chi connectivity index (χ0n) is 11.4. The van der Waals surface area contributed by atoms with E-state index < -0.39 is 0 Å². The molecule has 21 heavy (non-hydrogen) atoms. The summed E-state index contributed by atoms with van der Waals surface area (Å²) in [7, 11) is 0. The number of aliphatic hydroxyl groups excluding tert-OH is 1. The topological polar surface area (TPSA) is 60.8 Å². The molecule has 1 aromatic carbocycles. The Morgan fingerprint density at radius 1 is 1.29 bits per heavy atom. The van der Waals surface area contributed by atoms with E-state index >= 15 is 0 Å². The Morgan fingerprint density at radius 3 is 2.76 bits per heavy atom. The number of phenolic OH excluding ortho intramolecular Hbond substituents is 1. The van der Waals surface area contributed by atoms with Crippen LogP contribution >= 0.6 is 23.2 Å². The van der Waals surface area contributed by atoms with Gasteiger partial charge in [0.1, 0.15) is 5.75 Å². The number of amides is 1. The number of rotatable bonds is 2. The summed E-state index contributed by atoms with van der Waals surface area (Å²) in [5.74, 6) is 0.231. The standard InChI is InChI=1S/C15H17Cl2NO3/c16-11-1-2-12(20)14(15(11)17)9-5-10-3-8(7-19)4-13(21)18(10)6-9/h1-2,8-10,19-20H,3-7H2/t8?,9-,10+/m0/s1. The van der Waals surface area contributed by atoms with Crippen molar-refractivity contribution >= 4 is 29.1 Å². The molecule has 1 amide bonds. The summed E-state index contributed by atoms with van der Waals surface area (Å²) in [4.78, 5) is 14.0. The molecule has 3 atom stereocenters. The lowest BCUT2D eigenvalue weighted by atomic mass is 9.89. The highest BCUT2D eigenvalue weighted by Crippen LogP contribution is 2.45. The van der Waals surface area contributed by atoms with Crippen LogP contribution in [0.5, 0.6) is 5.75 Å². The van der Waals surface area contributed by atoms with Crippen molar-refractivity contribution in [2.75, 3.05) is 13.2 Å². The van der Waals surface area contributed by atoms with Crippen molar-refractivity contribution in [1.29, 1.82) is 0 Å². The summed E-state index contributed by atoms with van der Waals surface area (Å²) >= 11 is 12.3. The summed E-state index contributed by atoms with van der Waals surface area (Å²) in [6, 6.07) is 3.22. The number of aliphatic hydroxyl groups is 1. The summed E-state index contributed by atoms with van der Waals surface area (Å²) in [6.45, 7) is 0.596. The van der Waals surface area contributed by atoms with Crippen LogP contribution in [0, 0.1) is 5.92 Å². The van der Waals surface area contributed by atoms with Crippen molar-refractivity contribution in [3.8, 4) is 5.75 Å². The van der Waals surface area contributed by atoms with Crippen LogP contribution in [-0.2, 0) is 4.79 Å². The minimum atomic E-state index is -0.0115. The Labute approximate surface area is 133 Å². The average molecular weight is 330 g/mol. The fourth-order valence-corrected chi connectivity index (χ4v) is 4.05. The van der Waals surface area contributed by atoms with Crippen molar-refractivity contribution < 1.29 is 15.0 Å². The lowest BCUT2D eigenvalue weighted by Gasteiger charge is -2.33. The van der Waals surface area contributed by atoms with Crippen LogP contribution in [-0.4, -0.2) is 40.2 Å². The average Bonchev–Trinajstić information content (AvgIpc) is 2.87. The van der Waals surface area contributed by atoms with E-state index in [1.807, 2.05) is 4.90 Å². The molecule has 2 aliphatic rings. The molecule has 1 unspecified atom stereocenters. The molecule has 0 aliphatic carbocycles. The molecule has 2 N–H and O–H groups in total. The minimum Gasteiger partial charge on any atom is -0.508 e. The number of benzene rings is 1. The smallest absolute Gasteiger partial charge is 0.223 e. The molecule has 114 valence electrons. The van der Waals surface area contributed by atoms with Gasteiger partial charge in [0, 0.05) is 37.1 Å². The van der Waals surface area contributed by atoms with Gasteiger partial charge < -0.3 is 15.1 Å². The fourth-order valence-electron chi connectivity index (χ4n) is 3.57. The first-order chi connectivity index (χ1) is 10.0. The van der Waals surface area contributed by atoms with Crippen molar-refractivity contribution in [2.24, 2.45) is 5.92 Å². The predicted octanol–water partition coefficient (Wildman–Crippen LogP) is 2.79. The van der Waals surface area contributed by atoms with Crippen LogP contribution in [0.25, 0.3) is 0 Å². The first-order valence-electron chi connectivity index (χ1n) is 7.08. The summed E-state index contributed by atoms with van der Waals surface area (Å²) in [6.07, 6.45) is 1.95. The second-order valence-corrected chi connectivity index (χ2v) is 6.70. The van der Waals surface area contributed by atoms with Gasteiger partial charge in [-0.25, -0.2) is 0 Å². The molecule has 2 fully saturated rings. The first-order valence-corrected chi connectivity index (χ1v) is 7.84. The fraction of sp³-hybridized carbons (Fsp3) is 0.533. The van der Waals surface area contributed by atoms with Gasteiger partial charge in [-0.05, 0) is 30.9 Å². The van der Waals surface area contributed by atoms with Gasteiger partial charge in [0.15, 0.2) is 0 Å². The quantitative estimate of drug-likeness (QED) is 0.877. The normalized spacial score (nSPS) is 28.8. The van der Waals surface area contributed by atoms with Crippen LogP contribution in [0.4, 0.5) is 0 Å². The van der Waals surface area contributed by atoms with Gasteiger partial charge in [-0.2, -0.15) is 0 Å². The molecule has 1 aromatic rings. The van der Waals surface area contributed by atoms with Gasteiger partial charge in [0.05, 0.1) is 10.0 Å². The molecule has 2 aliphatic heterocycles. The molecule has 0 saturated carbocycles. The number of piperidine rings is 1. The number of carbonyl (C=O) groups excluding carboxylic acids is 1. The molecule has 2 saturated heterocycles. The number of hydrogen-bond donors (Lipinski definition) is 2. The van der Waals surface area contributed by atoms with E-state index in [0.29, 0.717) is 28.6 Å². The Balaban J connectivity index is 1.88. The number of fused-ring (bicyclic) bond motifs is 1. The lowest BCUT2D eigenvalue weighted by Crippen LogP contribution is -2.43. The predicted molar refractivity (Wildman–Crippen MR) is 80.8 cm³/mol. The van der Waals surface area contributed by atoms with E-state index in [9.17, 15) is 15.0 Å². The number of halogens is 2. The molecule has 0 spiro atoms. The minimum absolute atomic E-state index is 0.0115. The van der Waals surface area contributed by atoms with E-state index in [4.69, 9.17) is 23.2 Å². The maximum Gasteiger partial charge on any atom is 0.223 e. The van der Waals surface area contributed by atoms with Crippen LogP contribution in [0.15, 0.2) is 12.1 Å². The number of carbonyl (C=O) groups is 1. The molecule has 3 rings (SSSR count). The number of aromatic hydroxyl groups is 1. The molecular formula is C15H17Cl2NO3. The monoisotopic (exact) mass is 329 g/mol. The molecule has 4 nitrogen and oxygen atoms in total. The Hall–Kier alpha value is -0.970. The third-order valence-electron chi connectivity index (χ3n) is 4.58. The SMILES string of the molecule is O=C1CC(CO)C[C@@H]2C[C@H](c3c(O)ccc(Cl)c3Cl)CN12. The zero-order chi connectivity index (χ0) is 15.1. The Kier molecular flexibility index (Phi) is 4.04. The molecule has 0 bridgehead atoms. The highest BCUT2D eigenvalue weighted by atomic mass is 35.5. The third-order valence-corrected chi connectivity index (χ3v) is 5.40. The molecule has 2 heterocycles. The second kappa shape index (κ2) is 5.67. The second-order valence-electron chi connectivity index (χ2n) is 5.92. The van der Waals surface area contributed by atoms with Crippen LogP contribution in [0.2, 0.25) is 10.0 Å². The van der Waals surface area contributed by atoms with Crippen LogP contribution in [0.1, 0.15) is 30.7 Å². The number of phenols is 1. The first kappa shape index (κ1) is 14.9. The van der Waals surface area contributed by atoms with E-state index in [-0.39, 0.29) is 36.1 Å². The van der Waals surface area contributed by atoms with Gasteiger partial charge in [0.2, 0.25) is 5.91 Å². The summed E-state index contributed by atoms with van der Waals surface area (Å²) < 4.78 is 0. The van der Waals surface area contributed by atoms with Gasteiger partial charge in [-0.15, -0.1) is 0 Å². The number of nitrogens with zero attached hydrogens (tertiary/aromatic N) is 1. The van der Waals surface area contributed by atoms with Gasteiger partial charge >= 0.3 is 0 Å². The van der Waals surface area contributed by atoms with E-state index in [1.165, 1.54) is 0 Å². The highest BCUT2D eigenvalue weighted by molar-refractivity contribution is 6.42. The van der Waals surface area contributed by atoms with Crippen molar-refractivity contribution in [3.05, 3.63) is 27.7 Å². The Bertz CT molecular complexity index is 578. The van der Waals surface area contributed by atoms with Crippen LogP contribution < -0.4 is 0 Å². The molecule has 0 aromatic heterocycles. The van der Waals surface area contributed by atoms with E-state index in [2.05, 4.69) is 0 Å². The van der Waals surface area contributed by atoms with Crippen molar-refractivity contribution in [3.63, 3.8) is 0 Å². The molecular weight excluding hydrogens is 313 g/mol. The van der Waals surface area contributed by atoms with E-state index in [1.54, 1.807) is 12.1 Å². The highest BCUT2D eigenvalue weighted by Gasteiger charge is 2.42. The van der Waals surface area contributed by atoms with E-state index in [0.717, 1.165) is 12.8 Å². The largest absolute Gasteiger partial charge is 0.508 e. The third kappa shape index (κ3) is 2.60. The molecule has 6 heteroatoms. The van der Waals surface area contributed by atoms with Gasteiger partial charge in [-0.1, -0.05) is 23.2 Å². The molecule has 0 radical (unpaired) electrons.